The topological polar surface area (TPSA) is 84.3 Å². The van der Waals surface area contributed by atoms with Crippen molar-refractivity contribution in [3.63, 3.8) is 0 Å². The predicted molar refractivity (Wildman–Crippen MR) is 57.5 cm³/mol. The summed E-state index contributed by atoms with van der Waals surface area (Å²) in [7, 11) is 1.37. The molecule has 0 bridgehead atoms. The summed E-state index contributed by atoms with van der Waals surface area (Å²) in [5.74, 6) is -1.80. The lowest BCUT2D eigenvalue weighted by atomic mass is 10.0. The van der Waals surface area contributed by atoms with Crippen LogP contribution in [0.2, 0.25) is 0 Å². The summed E-state index contributed by atoms with van der Waals surface area (Å²) in [6.07, 6.45) is -4.93. The monoisotopic (exact) mass is 279 g/mol. The van der Waals surface area contributed by atoms with E-state index < -0.39 is 17.7 Å². The van der Waals surface area contributed by atoms with E-state index in [-0.39, 0.29) is 18.1 Å². The Balaban J connectivity index is 2.80. The number of nitrogens with one attached hydrogen (secondary N) is 1. The van der Waals surface area contributed by atoms with Gasteiger partial charge in [-0.2, -0.15) is 18.3 Å². The number of methoxy groups -OCH3 is 1. The number of nitrogens with zero attached hydrogens (tertiary/aromatic N) is 2. The zero-order valence-corrected chi connectivity index (χ0v) is 10.2. The van der Waals surface area contributed by atoms with Crippen LogP contribution in [0, 0.1) is 0 Å². The summed E-state index contributed by atoms with van der Waals surface area (Å²) in [6.45, 7) is 0.158. The highest BCUT2D eigenvalue weighted by atomic mass is 19.4. The highest BCUT2D eigenvalue weighted by molar-refractivity contribution is 5.79. The Labute approximate surface area is 106 Å². The van der Waals surface area contributed by atoms with Crippen molar-refractivity contribution in [1.29, 1.82) is 0 Å². The van der Waals surface area contributed by atoms with Crippen LogP contribution in [0.4, 0.5) is 13.2 Å². The second kappa shape index (κ2) is 5.39. The van der Waals surface area contributed by atoms with E-state index in [9.17, 15) is 18.0 Å². The Bertz CT molecular complexity index is 450. The molecule has 0 fully saturated rings. The number of alkyl halides is 3. The first-order valence-electron chi connectivity index (χ1n) is 5.12. The van der Waals surface area contributed by atoms with Crippen LogP contribution in [-0.2, 0) is 11.3 Å². The Morgan fingerprint density at radius 1 is 1.42 bits per heavy atom. The molecule has 0 saturated heterocycles. The zero-order chi connectivity index (χ0) is 14.7. The first kappa shape index (κ1) is 15.2. The van der Waals surface area contributed by atoms with E-state index in [1.54, 1.807) is 0 Å². The van der Waals surface area contributed by atoms with E-state index in [2.05, 4.69) is 10.2 Å². The standard InChI is InChI=1S/C10H12F3N3O3/c1-9(8(17)18,10(11,12)13)14-5-6-3-4-7(19-2)16-15-6/h3-4,14H,5H2,1-2H3,(H,17,18). The van der Waals surface area contributed by atoms with Gasteiger partial charge in [0.2, 0.25) is 11.4 Å². The molecule has 1 rings (SSSR count). The smallest absolute Gasteiger partial charge is 0.417 e. The zero-order valence-electron chi connectivity index (χ0n) is 10.2. The molecule has 2 N–H and O–H groups in total. The third kappa shape index (κ3) is 3.31. The van der Waals surface area contributed by atoms with Gasteiger partial charge in [0.05, 0.1) is 12.8 Å². The quantitative estimate of drug-likeness (QED) is 0.836. The van der Waals surface area contributed by atoms with Gasteiger partial charge in [-0.15, -0.1) is 5.10 Å². The molecule has 1 aromatic heterocycles. The van der Waals surface area contributed by atoms with Crippen LogP contribution in [0.3, 0.4) is 0 Å². The van der Waals surface area contributed by atoms with E-state index in [0.717, 1.165) is 0 Å². The van der Waals surface area contributed by atoms with Gasteiger partial charge in [-0.3, -0.25) is 5.32 Å². The lowest BCUT2D eigenvalue weighted by molar-refractivity contribution is -0.206. The molecule has 9 heteroatoms. The normalized spacial score (nSPS) is 14.8. The minimum absolute atomic E-state index is 0.164. The van der Waals surface area contributed by atoms with Gasteiger partial charge < -0.3 is 9.84 Å². The number of hydrogen-bond donors (Lipinski definition) is 2. The number of aliphatic carboxylic acids is 1. The molecule has 0 radical (unpaired) electrons. The van der Waals surface area contributed by atoms with Crippen molar-refractivity contribution in [2.75, 3.05) is 7.11 Å². The minimum Gasteiger partial charge on any atom is -0.480 e. The van der Waals surface area contributed by atoms with Gasteiger partial charge in [0.15, 0.2) is 0 Å². The van der Waals surface area contributed by atoms with Crippen molar-refractivity contribution in [3.8, 4) is 5.88 Å². The number of carbonyl (C=O) groups is 1. The summed E-state index contributed by atoms with van der Waals surface area (Å²) in [6, 6.07) is 2.80. The molecule has 0 spiro atoms. The van der Waals surface area contributed by atoms with Gasteiger partial charge in [-0.1, -0.05) is 0 Å². The first-order chi connectivity index (χ1) is 8.70. The minimum atomic E-state index is -4.93. The Morgan fingerprint density at radius 2 is 2.05 bits per heavy atom. The fourth-order valence-corrected chi connectivity index (χ4v) is 1.12. The summed E-state index contributed by atoms with van der Waals surface area (Å²) in [5, 5.41) is 17.8. The molecule has 19 heavy (non-hydrogen) atoms. The third-order valence-corrected chi connectivity index (χ3v) is 2.52. The molecule has 1 unspecified atom stereocenters. The molecular formula is C10H12F3N3O3. The Kier molecular flexibility index (Phi) is 4.30. The van der Waals surface area contributed by atoms with Crippen molar-refractivity contribution in [2.24, 2.45) is 0 Å². The van der Waals surface area contributed by atoms with Gasteiger partial charge in [0.1, 0.15) is 0 Å². The van der Waals surface area contributed by atoms with Gasteiger partial charge in [-0.25, -0.2) is 4.79 Å². The molecule has 1 heterocycles. The molecular weight excluding hydrogens is 267 g/mol. The third-order valence-electron chi connectivity index (χ3n) is 2.52. The average Bonchev–Trinajstić information content (AvgIpc) is 2.34. The molecule has 0 saturated carbocycles. The van der Waals surface area contributed by atoms with Crippen molar-refractivity contribution in [3.05, 3.63) is 17.8 Å². The number of aromatic nitrogens is 2. The van der Waals surface area contributed by atoms with Crippen LogP contribution >= 0.6 is 0 Å². The summed E-state index contributed by atoms with van der Waals surface area (Å²) in [4.78, 5) is 10.8. The number of carboxylic acid groups (broad SMARTS) is 1. The fraction of sp³-hybridized carbons (Fsp3) is 0.500. The van der Waals surface area contributed by atoms with Crippen molar-refractivity contribution in [2.45, 2.75) is 25.2 Å². The van der Waals surface area contributed by atoms with E-state index in [1.165, 1.54) is 19.2 Å². The van der Waals surface area contributed by atoms with Crippen molar-refractivity contribution < 1.29 is 27.8 Å². The van der Waals surface area contributed by atoms with Crippen LogP contribution in [0.5, 0.6) is 5.88 Å². The van der Waals surface area contributed by atoms with Crippen LogP contribution in [0.25, 0.3) is 0 Å². The SMILES string of the molecule is COc1ccc(CNC(C)(C(=O)O)C(F)(F)F)nn1. The highest BCUT2D eigenvalue weighted by Crippen LogP contribution is 2.30. The molecule has 0 aromatic carbocycles. The lowest BCUT2D eigenvalue weighted by Gasteiger charge is -2.28. The molecule has 0 amide bonds. The largest absolute Gasteiger partial charge is 0.480 e. The Morgan fingerprint density at radius 3 is 2.42 bits per heavy atom. The summed E-state index contributed by atoms with van der Waals surface area (Å²) < 4.78 is 42.8. The van der Waals surface area contributed by atoms with Gasteiger partial charge >= 0.3 is 12.1 Å². The van der Waals surface area contributed by atoms with E-state index in [1.807, 2.05) is 5.32 Å². The molecule has 1 aromatic rings. The van der Waals surface area contributed by atoms with Crippen molar-refractivity contribution in [1.82, 2.24) is 15.5 Å². The average molecular weight is 279 g/mol. The highest BCUT2D eigenvalue weighted by Gasteiger charge is 2.57. The number of rotatable bonds is 5. The maximum Gasteiger partial charge on any atom is 0.417 e. The second-order valence-corrected chi connectivity index (χ2v) is 3.85. The maximum absolute atomic E-state index is 12.7. The van der Waals surface area contributed by atoms with Crippen LogP contribution < -0.4 is 10.1 Å². The van der Waals surface area contributed by atoms with E-state index >= 15 is 0 Å². The second-order valence-electron chi connectivity index (χ2n) is 3.85. The fourth-order valence-electron chi connectivity index (χ4n) is 1.12. The maximum atomic E-state index is 12.7. The first-order valence-corrected chi connectivity index (χ1v) is 5.12. The lowest BCUT2D eigenvalue weighted by Crippen LogP contribution is -2.59. The summed E-state index contributed by atoms with van der Waals surface area (Å²) >= 11 is 0. The Hall–Kier alpha value is -1.90. The van der Waals surface area contributed by atoms with Crippen LogP contribution in [-0.4, -0.2) is 40.1 Å². The number of ether oxygens (including phenoxy) is 1. The molecule has 0 aliphatic carbocycles. The van der Waals surface area contributed by atoms with E-state index in [4.69, 9.17) is 9.84 Å². The molecule has 0 aliphatic rings. The van der Waals surface area contributed by atoms with Crippen LogP contribution in [0.15, 0.2) is 12.1 Å². The molecule has 0 aliphatic heterocycles. The van der Waals surface area contributed by atoms with Gasteiger partial charge in [-0.05, 0) is 13.0 Å². The van der Waals surface area contributed by atoms with E-state index in [0.29, 0.717) is 6.92 Å². The molecule has 1 atom stereocenters. The van der Waals surface area contributed by atoms with Crippen LogP contribution in [0.1, 0.15) is 12.6 Å². The number of hydrogen-bond acceptors (Lipinski definition) is 5. The van der Waals surface area contributed by atoms with Gasteiger partial charge in [0, 0.05) is 12.6 Å². The summed E-state index contributed by atoms with van der Waals surface area (Å²) in [5.41, 5.74) is -2.88. The predicted octanol–water partition coefficient (Wildman–Crippen LogP) is 0.980. The van der Waals surface area contributed by atoms with Gasteiger partial charge in [0.25, 0.3) is 0 Å². The van der Waals surface area contributed by atoms with Crippen molar-refractivity contribution >= 4 is 5.97 Å². The number of halogens is 3. The molecule has 106 valence electrons. The molecule has 6 nitrogen and oxygen atoms in total. The number of carboxylic acids is 1.